The van der Waals surface area contributed by atoms with Crippen LogP contribution >= 0.6 is 0 Å². The SMILES string of the molecule is CCn1cnc(S(=O)(=O)Nc2ccc(N)nc2)c1. The van der Waals surface area contributed by atoms with Crippen molar-refractivity contribution in [3.8, 4) is 0 Å². The molecular formula is C10H13N5O2S. The third kappa shape index (κ3) is 2.59. The van der Waals surface area contributed by atoms with Gasteiger partial charge in [-0.25, -0.2) is 9.97 Å². The Bertz CT molecular complexity index is 633. The Kier molecular flexibility index (Phi) is 3.19. The van der Waals surface area contributed by atoms with Crippen molar-refractivity contribution in [3.05, 3.63) is 30.9 Å². The lowest BCUT2D eigenvalue weighted by Crippen LogP contribution is -2.13. The summed E-state index contributed by atoms with van der Waals surface area (Å²) >= 11 is 0. The minimum Gasteiger partial charge on any atom is -0.384 e. The Morgan fingerprint density at radius 2 is 2.17 bits per heavy atom. The number of nitrogens with one attached hydrogen (secondary N) is 1. The monoisotopic (exact) mass is 267 g/mol. The fourth-order valence-corrected chi connectivity index (χ4v) is 2.32. The van der Waals surface area contributed by atoms with E-state index >= 15 is 0 Å². The molecular weight excluding hydrogens is 254 g/mol. The van der Waals surface area contributed by atoms with Gasteiger partial charge >= 0.3 is 0 Å². The van der Waals surface area contributed by atoms with Gasteiger partial charge in [-0.1, -0.05) is 0 Å². The van der Waals surface area contributed by atoms with E-state index in [9.17, 15) is 8.42 Å². The maximum absolute atomic E-state index is 12.0. The molecule has 18 heavy (non-hydrogen) atoms. The van der Waals surface area contributed by atoms with Crippen LogP contribution in [0.4, 0.5) is 11.5 Å². The largest absolute Gasteiger partial charge is 0.384 e. The number of rotatable bonds is 4. The summed E-state index contributed by atoms with van der Waals surface area (Å²) in [6.45, 7) is 2.56. The molecule has 0 aliphatic rings. The first-order valence-corrected chi connectivity index (χ1v) is 6.75. The number of aromatic nitrogens is 3. The first kappa shape index (κ1) is 12.4. The minimum absolute atomic E-state index is 0.0267. The molecule has 2 aromatic heterocycles. The number of anilines is 2. The average molecular weight is 267 g/mol. The van der Waals surface area contributed by atoms with Crippen LogP contribution in [0.3, 0.4) is 0 Å². The number of sulfonamides is 1. The smallest absolute Gasteiger partial charge is 0.280 e. The molecule has 2 aromatic rings. The van der Waals surface area contributed by atoms with E-state index in [0.717, 1.165) is 0 Å². The first-order chi connectivity index (χ1) is 8.51. The Hall–Kier alpha value is -2.09. The van der Waals surface area contributed by atoms with Crippen molar-refractivity contribution in [2.75, 3.05) is 10.5 Å². The Labute approximate surface area is 105 Å². The summed E-state index contributed by atoms with van der Waals surface area (Å²) in [5.74, 6) is 0.327. The van der Waals surface area contributed by atoms with Crippen molar-refractivity contribution in [2.24, 2.45) is 0 Å². The van der Waals surface area contributed by atoms with Gasteiger partial charge in [-0.2, -0.15) is 8.42 Å². The van der Waals surface area contributed by atoms with Crippen molar-refractivity contribution in [1.29, 1.82) is 0 Å². The van der Waals surface area contributed by atoms with Crippen LogP contribution in [0.15, 0.2) is 35.9 Å². The Balaban J connectivity index is 2.24. The van der Waals surface area contributed by atoms with Crippen molar-refractivity contribution in [3.63, 3.8) is 0 Å². The predicted octanol–water partition coefficient (Wildman–Crippen LogP) is 0.681. The molecule has 8 heteroatoms. The van der Waals surface area contributed by atoms with Gasteiger partial charge in [0.15, 0.2) is 5.03 Å². The van der Waals surface area contributed by atoms with E-state index in [2.05, 4.69) is 14.7 Å². The fourth-order valence-electron chi connectivity index (χ4n) is 1.32. The van der Waals surface area contributed by atoms with Gasteiger partial charge in [0.1, 0.15) is 5.82 Å². The zero-order valence-electron chi connectivity index (χ0n) is 9.74. The molecule has 0 fully saturated rings. The van der Waals surface area contributed by atoms with Gasteiger partial charge < -0.3 is 10.3 Å². The second kappa shape index (κ2) is 4.65. The molecule has 0 radical (unpaired) electrons. The molecule has 0 spiro atoms. The summed E-state index contributed by atoms with van der Waals surface area (Å²) in [6, 6.07) is 3.05. The van der Waals surface area contributed by atoms with Crippen LogP contribution in [0.5, 0.6) is 0 Å². The van der Waals surface area contributed by atoms with Gasteiger partial charge in [0.05, 0.1) is 18.2 Å². The van der Waals surface area contributed by atoms with E-state index in [-0.39, 0.29) is 5.03 Å². The third-order valence-electron chi connectivity index (χ3n) is 2.29. The van der Waals surface area contributed by atoms with E-state index in [1.165, 1.54) is 30.9 Å². The maximum atomic E-state index is 12.0. The maximum Gasteiger partial charge on any atom is 0.280 e. The van der Waals surface area contributed by atoms with Gasteiger partial charge in [-0.15, -0.1) is 0 Å². The summed E-state index contributed by atoms with van der Waals surface area (Å²) in [4.78, 5) is 7.64. The quantitative estimate of drug-likeness (QED) is 0.848. The number of nitrogens with two attached hydrogens (primary N) is 1. The van der Waals surface area contributed by atoms with Gasteiger partial charge in [0.25, 0.3) is 10.0 Å². The lowest BCUT2D eigenvalue weighted by molar-refractivity contribution is 0.598. The van der Waals surface area contributed by atoms with Crippen molar-refractivity contribution >= 4 is 21.5 Å². The number of pyridine rings is 1. The van der Waals surface area contributed by atoms with Crippen molar-refractivity contribution in [1.82, 2.24) is 14.5 Å². The molecule has 0 amide bonds. The highest BCUT2D eigenvalue weighted by Crippen LogP contribution is 2.14. The standard InChI is InChI=1S/C10H13N5O2S/c1-2-15-6-10(13-7-15)18(16,17)14-8-3-4-9(11)12-5-8/h3-7,14H,2H2,1H3,(H2,11,12). The average Bonchev–Trinajstić information content (AvgIpc) is 2.81. The van der Waals surface area contributed by atoms with Crippen LogP contribution in [-0.2, 0) is 16.6 Å². The van der Waals surface area contributed by atoms with E-state index in [0.29, 0.717) is 18.1 Å². The zero-order valence-corrected chi connectivity index (χ0v) is 10.6. The van der Waals surface area contributed by atoms with E-state index in [1.54, 1.807) is 4.57 Å². The molecule has 0 aliphatic heterocycles. The second-order valence-electron chi connectivity index (χ2n) is 3.62. The molecule has 2 rings (SSSR count). The van der Waals surface area contributed by atoms with Crippen LogP contribution in [0.1, 0.15) is 6.92 Å². The van der Waals surface area contributed by atoms with Gasteiger partial charge in [-0.05, 0) is 19.1 Å². The van der Waals surface area contributed by atoms with Crippen LogP contribution in [0.2, 0.25) is 0 Å². The first-order valence-electron chi connectivity index (χ1n) is 5.27. The number of hydrogen-bond donors (Lipinski definition) is 2. The molecule has 7 nitrogen and oxygen atoms in total. The molecule has 0 saturated carbocycles. The highest BCUT2D eigenvalue weighted by Gasteiger charge is 2.17. The molecule has 0 aromatic carbocycles. The molecule has 96 valence electrons. The number of nitrogen functional groups attached to an aromatic ring is 1. The summed E-state index contributed by atoms with van der Waals surface area (Å²) in [6.07, 6.45) is 4.28. The number of imidazole rings is 1. The predicted molar refractivity (Wildman–Crippen MR) is 67.4 cm³/mol. The topological polar surface area (TPSA) is 103 Å². The van der Waals surface area contributed by atoms with E-state index < -0.39 is 10.0 Å². The summed E-state index contributed by atoms with van der Waals surface area (Å²) < 4.78 is 28.0. The number of hydrogen-bond acceptors (Lipinski definition) is 5. The third-order valence-corrected chi connectivity index (χ3v) is 3.55. The second-order valence-corrected chi connectivity index (χ2v) is 5.25. The molecule has 0 bridgehead atoms. The van der Waals surface area contributed by atoms with Crippen LogP contribution in [0.25, 0.3) is 0 Å². The number of nitrogens with zero attached hydrogens (tertiary/aromatic N) is 3. The Morgan fingerprint density at radius 1 is 1.39 bits per heavy atom. The van der Waals surface area contributed by atoms with E-state index in [1.807, 2.05) is 6.92 Å². The highest BCUT2D eigenvalue weighted by atomic mass is 32.2. The summed E-state index contributed by atoms with van der Waals surface area (Å²) in [7, 11) is -3.68. The molecule has 0 unspecified atom stereocenters. The van der Waals surface area contributed by atoms with Crippen LogP contribution < -0.4 is 10.5 Å². The molecule has 0 saturated heterocycles. The lowest BCUT2D eigenvalue weighted by atomic mass is 10.4. The van der Waals surface area contributed by atoms with Crippen LogP contribution in [-0.4, -0.2) is 23.0 Å². The summed E-state index contributed by atoms with van der Waals surface area (Å²) in [5, 5.41) is -0.0267. The fraction of sp³-hybridized carbons (Fsp3) is 0.200. The van der Waals surface area contributed by atoms with Crippen LogP contribution in [0, 0.1) is 0 Å². The minimum atomic E-state index is -3.68. The van der Waals surface area contributed by atoms with Gasteiger partial charge in [0, 0.05) is 12.7 Å². The van der Waals surface area contributed by atoms with Gasteiger partial charge in [0.2, 0.25) is 0 Å². The van der Waals surface area contributed by atoms with Crippen molar-refractivity contribution < 1.29 is 8.42 Å². The molecule has 0 aliphatic carbocycles. The summed E-state index contributed by atoms with van der Waals surface area (Å²) in [5.41, 5.74) is 5.76. The normalized spacial score (nSPS) is 11.4. The van der Waals surface area contributed by atoms with E-state index in [4.69, 9.17) is 5.73 Å². The zero-order chi connectivity index (χ0) is 13.2. The van der Waals surface area contributed by atoms with Crippen molar-refractivity contribution in [2.45, 2.75) is 18.5 Å². The lowest BCUT2D eigenvalue weighted by Gasteiger charge is -2.05. The Morgan fingerprint density at radius 3 is 2.72 bits per heavy atom. The molecule has 2 heterocycles. The molecule has 0 atom stereocenters. The highest BCUT2D eigenvalue weighted by molar-refractivity contribution is 7.92. The molecule has 3 N–H and O–H groups in total. The van der Waals surface area contributed by atoms with Gasteiger partial charge in [-0.3, -0.25) is 4.72 Å². The number of aryl methyl sites for hydroxylation is 1.